The highest BCUT2D eigenvalue weighted by Gasteiger charge is 2.07. The Kier molecular flexibility index (Phi) is 6.51. The Morgan fingerprint density at radius 2 is 1.67 bits per heavy atom. The van der Waals surface area contributed by atoms with Crippen LogP contribution in [0.1, 0.15) is 24.0 Å². The van der Waals surface area contributed by atoms with E-state index in [2.05, 4.69) is 10.6 Å². The molecule has 2 aromatic carbocycles. The molecule has 0 aromatic heterocycles. The first kappa shape index (κ1) is 17.7. The molecule has 0 fully saturated rings. The number of nitrogens with one attached hydrogen (secondary N) is 2. The lowest BCUT2D eigenvalue weighted by atomic mass is 10.1. The standard InChI is InChI=1S/C19H23N3O2/c1-14-13-16(21-19(24)11-12-20)8-9-17(14)22-18(23)10-7-15-5-3-2-4-6-15/h2-6,8-9,13H,7,10-12,20H2,1H3,(H,21,24)(H,22,23). The van der Waals surface area contributed by atoms with Gasteiger partial charge in [-0.1, -0.05) is 30.3 Å². The minimum atomic E-state index is -0.114. The molecule has 0 aliphatic heterocycles. The fourth-order valence-electron chi connectivity index (χ4n) is 2.35. The molecular weight excluding hydrogens is 302 g/mol. The van der Waals surface area contributed by atoms with E-state index in [-0.39, 0.29) is 18.2 Å². The van der Waals surface area contributed by atoms with E-state index in [1.54, 1.807) is 12.1 Å². The van der Waals surface area contributed by atoms with Gasteiger partial charge in [-0.2, -0.15) is 0 Å². The van der Waals surface area contributed by atoms with Gasteiger partial charge in [0.1, 0.15) is 0 Å². The van der Waals surface area contributed by atoms with Gasteiger partial charge in [-0.25, -0.2) is 0 Å². The maximum Gasteiger partial charge on any atom is 0.225 e. The summed E-state index contributed by atoms with van der Waals surface area (Å²) >= 11 is 0. The van der Waals surface area contributed by atoms with E-state index in [1.165, 1.54) is 0 Å². The van der Waals surface area contributed by atoms with Crippen molar-refractivity contribution in [3.8, 4) is 0 Å². The number of rotatable bonds is 7. The number of aryl methyl sites for hydroxylation is 2. The van der Waals surface area contributed by atoms with Crippen LogP contribution in [0.4, 0.5) is 11.4 Å². The molecule has 2 rings (SSSR count). The fourth-order valence-corrected chi connectivity index (χ4v) is 2.35. The molecule has 0 aliphatic carbocycles. The average Bonchev–Trinajstić information content (AvgIpc) is 2.57. The SMILES string of the molecule is Cc1cc(NC(=O)CCN)ccc1NC(=O)CCc1ccccc1. The third-order valence-electron chi connectivity index (χ3n) is 3.64. The summed E-state index contributed by atoms with van der Waals surface area (Å²) in [5.41, 5.74) is 8.85. The van der Waals surface area contributed by atoms with Crippen molar-refractivity contribution in [1.82, 2.24) is 0 Å². The predicted octanol–water partition coefficient (Wildman–Crippen LogP) is 2.85. The highest BCUT2D eigenvalue weighted by atomic mass is 16.2. The lowest BCUT2D eigenvalue weighted by Crippen LogP contribution is -2.16. The largest absolute Gasteiger partial charge is 0.330 e. The smallest absolute Gasteiger partial charge is 0.225 e. The number of nitrogens with two attached hydrogens (primary N) is 1. The first-order chi connectivity index (χ1) is 11.6. The van der Waals surface area contributed by atoms with Crippen molar-refractivity contribution >= 4 is 23.2 Å². The monoisotopic (exact) mass is 325 g/mol. The second-order valence-electron chi connectivity index (χ2n) is 5.65. The highest BCUT2D eigenvalue weighted by Crippen LogP contribution is 2.20. The van der Waals surface area contributed by atoms with Crippen LogP contribution in [0.5, 0.6) is 0 Å². The zero-order valence-corrected chi connectivity index (χ0v) is 13.8. The molecule has 0 aliphatic rings. The van der Waals surface area contributed by atoms with Crippen LogP contribution in [0.2, 0.25) is 0 Å². The number of anilines is 2. The molecule has 0 spiro atoms. The van der Waals surface area contributed by atoms with Crippen LogP contribution in [0, 0.1) is 6.92 Å². The topological polar surface area (TPSA) is 84.2 Å². The molecule has 5 heteroatoms. The summed E-state index contributed by atoms with van der Waals surface area (Å²) in [6.07, 6.45) is 1.43. The van der Waals surface area contributed by atoms with Gasteiger partial charge in [0.25, 0.3) is 0 Å². The second-order valence-corrected chi connectivity index (χ2v) is 5.65. The van der Waals surface area contributed by atoms with Crippen molar-refractivity contribution in [1.29, 1.82) is 0 Å². The van der Waals surface area contributed by atoms with Crippen LogP contribution >= 0.6 is 0 Å². The van der Waals surface area contributed by atoms with Gasteiger partial charge in [0.15, 0.2) is 0 Å². The molecule has 0 atom stereocenters. The third-order valence-corrected chi connectivity index (χ3v) is 3.64. The highest BCUT2D eigenvalue weighted by molar-refractivity contribution is 5.93. The van der Waals surface area contributed by atoms with Gasteiger partial charge in [0.2, 0.25) is 11.8 Å². The summed E-state index contributed by atoms with van der Waals surface area (Å²) in [5.74, 6) is -0.140. The quantitative estimate of drug-likeness (QED) is 0.732. The van der Waals surface area contributed by atoms with Crippen LogP contribution < -0.4 is 16.4 Å². The molecule has 5 nitrogen and oxygen atoms in total. The van der Waals surface area contributed by atoms with Gasteiger partial charge < -0.3 is 16.4 Å². The second kappa shape index (κ2) is 8.84. The summed E-state index contributed by atoms with van der Waals surface area (Å²) in [6.45, 7) is 2.21. The van der Waals surface area contributed by atoms with E-state index in [1.807, 2.05) is 43.3 Å². The maximum absolute atomic E-state index is 12.1. The number of benzene rings is 2. The van der Waals surface area contributed by atoms with E-state index >= 15 is 0 Å². The summed E-state index contributed by atoms with van der Waals surface area (Å²) in [6, 6.07) is 15.3. The Morgan fingerprint density at radius 1 is 0.958 bits per heavy atom. The van der Waals surface area contributed by atoms with Crippen LogP contribution in [-0.2, 0) is 16.0 Å². The van der Waals surface area contributed by atoms with Crippen molar-refractivity contribution in [2.75, 3.05) is 17.2 Å². The van der Waals surface area contributed by atoms with Gasteiger partial charge in [-0.3, -0.25) is 9.59 Å². The normalized spacial score (nSPS) is 10.2. The summed E-state index contributed by atoms with van der Waals surface area (Å²) in [7, 11) is 0. The minimum absolute atomic E-state index is 0.0260. The van der Waals surface area contributed by atoms with Gasteiger partial charge in [-0.15, -0.1) is 0 Å². The van der Waals surface area contributed by atoms with Crippen molar-refractivity contribution in [2.24, 2.45) is 5.73 Å². The molecule has 0 saturated heterocycles. The molecule has 2 amide bonds. The lowest BCUT2D eigenvalue weighted by Gasteiger charge is -2.11. The Balaban J connectivity index is 1.90. The summed E-state index contributed by atoms with van der Waals surface area (Å²) in [4.78, 5) is 23.6. The number of carbonyl (C=O) groups excluding carboxylic acids is 2. The van der Waals surface area contributed by atoms with Crippen molar-refractivity contribution < 1.29 is 9.59 Å². The number of hydrogen-bond donors (Lipinski definition) is 3. The number of amides is 2. The fraction of sp³-hybridized carbons (Fsp3) is 0.263. The summed E-state index contributed by atoms with van der Waals surface area (Å²) in [5, 5.41) is 5.69. The van der Waals surface area contributed by atoms with Gasteiger partial charge >= 0.3 is 0 Å². The van der Waals surface area contributed by atoms with E-state index < -0.39 is 0 Å². The molecule has 0 saturated carbocycles. The third kappa shape index (κ3) is 5.52. The predicted molar refractivity (Wildman–Crippen MR) is 96.9 cm³/mol. The zero-order chi connectivity index (χ0) is 17.4. The summed E-state index contributed by atoms with van der Waals surface area (Å²) < 4.78 is 0. The number of hydrogen-bond acceptors (Lipinski definition) is 3. The molecule has 0 unspecified atom stereocenters. The molecule has 126 valence electrons. The van der Waals surface area contributed by atoms with Crippen LogP contribution in [0.25, 0.3) is 0 Å². The molecule has 2 aromatic rings. The minimum Gasteiger partial charge on any atom is -0.330 e. The first-order valence-corrected chi connectivity index (χ1v) is 8.03. The van der Waals surface area contributed by atoms with Crippen LogP contribution in [0.3, 0.4) is 0 Å². The Bertz CT molecular complexity index is 699. The van der Waals surface area contributed by atoms with Gasteiger partial charge in [0.05, 0.1) is 0 Å². The zero-order valence-electron chi connectivity index (χ0n) is 13.8. The Hall–Kier alpha value is -2.66. The molecule has 0 heterocycles. The molecule has 0 radical (unpaired) electrons. The van der Waals surface area contributed by atoms with Crippen molar-refractivity contribution in [2.45, 2.75) is 26.2 Å². The Labute approximate surface area is 142 Å². The average molecular weight is 325 g/mol. The lowest BCUT2D eigenvalue weighted by molar-refractivity contribution is -0.116. The molecule has 0 bridgehead atoms. The molecular formula is C19H23N3O2. The van der Waals surface area contributed by atoms with Gasteiger partial charge in [0, 0.05) is 30.8 Å². The van der Waals surface area contributed by atoms with E-state index in [0.717, 1.165) is 16.8 Å². The van der Waals surface area contributed by atoms with Crippen molar-refractivity contribution in [3.63, 3.8) is 0 Å². The van der Waals surface area contributed by atoms with Crippen molar-refractivity contribution in [3.05, 3.63) is 59.7 Å². The molecule has 4 N–H and O–H groups in total. The molecule has 24 heavy (non-hydrogen) atoms. The maximum atomic E-state index is 12.1. The van der Waals surface area contributed by atoms with E-state index in [0.29, 0.717) is 25.1 Å². The van der Waals surface area contributed by atoms with E-state index in [9.17, 15) is 9.59 Å². The van der Waals surface area contributed by atoms with Crippen LogP contribution in [-0.4, -0.2) is 18.4 Å². The van der Waals surface area contributed by atoms with Gasteiger partial charge in [-0.05, 0) is 42.7 Å². The van der Waals surface area contributed by atoms with E-state index in [4.69, 9.17) is 5.73 Å². The first-order valence-electron chi connectivity index (χ1n) is 8.03. The van der Waals surface area contributed by atoms with Crippen LogP contribution in [0.15, 0.2) is 48.5 Å². The Morgan fingerprint density at radius 3 is 2.33 bits per heavy atom. The number of carbonyl (C=O) groups is 2.